The lowest BCUT2D eigenvalue weighted by atomic mass is 10.3. The number of nitrogens with zero attached hydrogens (tertiary/aromatic N) is 1. The van der Waals surface area contributed by atoms with Crippen molar-refractivity contribution in [2.75, 3.05) is 5.32 Å². The number of rotatable bonds is 6. The first kappa shape index (κ1) is 19.2. The standard InChI is InChI=1S/C18H12Cl2N2O4S/c19-15-6-1-12(8-16(15)20)21-18(23)17-7-11(10-27-17)9-26-14-4-2-13(3-5-14)22(24)25/h1-8,10H,9H2,(H,21,23). The Morgan fingerprint density at radius 3 is 2.52 bits per heavy atom. The number of halogens is 2. The minimum absolute atomic E-state index is 0.000793. The van der Waals surface area contributed by atoms with Gasteiger partial charge in [0.1, 0.15) is 12.4 Å². The lowest BCUT2D eigenvalue weighted by Crippen LogP contribution is -2.10. The summed E-state index contributed by atoms with van der Waals surface area (Å²) in [5, 5.41) is 16.0. The molecular formula is C18H12Cl2N2O4S. The van der Waals surface area contributed by atoms with E-state index in [0.29, 0.717) is 26.4 Å². The number of anilines is 1. The number of hydrogen-bond donors (Lipinski definition) is 1. The molecule has 0 saturated carbocycles. The topological polar surface area (TPSA) is 81.5 Å². The molecule has 0 saturated heterocycles. The van der Waals surface area contributed by atoms with Crippen molar-refractivity contribution in [3.05, 3.63) is 84.5 Å². The lowest BCUT2D eigenvalue weighted by Gasteiger charge is -2.05. The average molecular weight is 423 g/mol. The molecule has 0 atom stereocenters. The predicted molar refractivity (Wildman–Crippen MR) is 106 cm³/mol. The summed E-state index contributed by atoms with van der Waals surface area (Å²) in [6, 6.07) is 12.4. The zero-order chi connectivity index (χ0) is 19.4. The monoisotopic (exact) mass is 422 g/mol. The molecule has 2 aromatic carbocycles. The molecule has 0 radical (unpaired) electrons. The molecule has 1 amide bonds. The first-order chi connectivity index (χ1) is 12.9. The number of nitro groups is 1. The van der Waals surface area contributed by atoms with Crippen molar-refractivity contribution in [2.45, 2.75) is 6.61 Å². The van der Waals surface area contributed by atoms with Crippen molar-refractivity contribution < 1.29 is 14.5 Å². The molecule has 0 aliphatic heterocycles. The van der Waals surface area contributed by atoms with Crippen LogP contribution in [-0.4, -0.2) is 10.8 Å². The minimum atomic E-state index is -0.471. The number of carbonyl (C=O) groups excluding carboxylic acids is 1. The normalized spacial score (nSPS) is 10.4. The second-order valence-corrected chi connectivity index (χ2v) is 7.17. The third-order valence-corrected chi connectivity index (χ3v) is 5.22. The summed E-state index contributed by atoms with van der Waals surface area (Å²) in [5.41, 5.74) is 1.36. The molecule has 0 aliphatic carbocycles. The molecule has 0 spiro atoms. The molecule has 3 aromatic rings. The number of thiophene rings is 1. The highest BCUT2D eigenvalue weighted by atomic mass is 35.5. The third-order valence-electron chi connectivity index (χ3n) is 3.51. The van der Waals surface area contributed by atoms with E-state index in [-0.39, 0.29) is 18.2 Å². The van der Waals surface area contributed by atoms with Crippen LogP contribution in [0, 0.1) is 10.1 Å². The van der Waals surface area contributed by atoms with E-state index in [4.69, 9.17) is 27.9 Å². The molecular weight excluding hydrogens is 411 g/mol. The maximum atomic E-state index is 12.3. The molecule has 0 aliphatic rings. The Morgan fingerprint density at radius 2 is 1.85 bits per heavy atom. The van der Waals surface area contributed by atoms with Crippen LogP contribution in [0.3, 0.4) is 0 Å². The fourth-order valence-corrected chi connectivity index (χ4v) is 3.26. The summed E-state index contributed by atoms with van der Waals surface area (Å²) < 4.78 is 5.59. The van der Waals surface area contributed by atoms with E-state index in [2.05, 4.69) is 5.32 Å². The Morgan fingerprint density at radius 1 is 1.11 bits per heavy atom. The highest BCUT2D eigenvalue weighted by Crippen LogP contribution is 2.26. The summed E-state index contributed by atoms with van der Waals surface area (Å²) >= 11 is 13.1. The summed E-state index contributed by atoms with van der Waals surface area (Å²) in [7, 11) is 0. The van der Waals surface area contributed by atoms with Gasteiger partial charge in [-0.25, -0.2) is 0 Å². The third kappa shape index (κ3) is 4.97. The van der Waals surface area contributed by atoms with Crippen LogP contribution in [0.15, 0.2) is 53.9 Å². The van der Waals surface area contributed by atoms with Gasteiger partial charge in [-0.2, -0.15) is 0 Å². The first-order valence-corrected chi connectivity index (χ1v) is 9.27. The van der Waals surface area contributed by atoms with Gasteiger partial charge in [-0.3, -0.25) is 14.9 Å². The quantitative estimate of drug-likeness (QED) is 0.402. The zero-order valence-corrected chi connectivity index (χ0v) is 16.0. The van der Waals surface area contributed by atoms with Crippen molar-refractivity contribution in [3.63, 3.8) is 0 Å². The molecule has 9 heteroatoms. The Labute approximate surface area is 168 Å². The van der Waals surface area contributed by atoms with E-state index in [9.17, 15) is 14.9 Å². The Hall–Kier alpha value is -2.61. The second kappa shape index (κ2) is 8.39. The maximum Gasteiger partial charge on any atom is 0.269 e. The van der Waals surface area contributed by atoms with Crippen LogP contribution < -0.4 is 10.1 Å². The molecule has 0 unspecified atom stereocenters. The van der Waals surface area contributed by atoms with Crippen LogP contribution in [-0.2, 0) is 6.61 Å². The number of benzene rings is 2. The maximum absolute atomic E-state index is 12.3. The SMILES string of the molecule is O=C(Nc1ccc(Cl)c(Cl)c1)c1cc(COc2ccc([N+](=O)[O-])cc2)cs1. The number of amides is 1. The van der Waals surface area contributed by atoms with Crippen LogP contribution in [0.2, 0.25) is 10.0 Å². The van der Waals surface area contributed by atoms with Crippen molar-refractivity contribution >= 4 is 51.8 Å². The van der Waals surface area contributed by atoms with Gasteiger partial charge in [0, 0.05) is 23.4 Å². The lowest BCUT2D eigenvalue weighted by molar-refractivity contribution is -0.384. The van der Waals surface area contributed by atoms with Crippen LogP contribution in [0.1, 0.15) is 15.2 Å². The smallest absolute Gasteiger partial charge is 0.269 e. The van der Waals surface area contributed by atoms with Crippen LogP contribution in [0.5, 0.6) is 5.75 Å². The molecule has 1 N–H and O–H groups in total. The van der Waals surface area contributed by atoms with Crippen molar-refractivity contribution in [1.82, 2.24) is 0 Å². The van der Waals surface area contributed by atoms with E-state index < -0.39 is 4.92 Å². The van der Waals surface area contributed by atoms with Gasteiger partial charge < -0.3 is 10.1 Å². The van der Waals surface area contributed by atoms with Gasteiger partial charge in [0.15, 0.2) is 0 Å². The summed E-state index contributed by atoms with van der Waals surface area (Å²) in [4.78, 5) is 23.0. The number of hydrogen-bond acceptors (Lipinski definition) is 5. The molecule has 1 aromatic heterocycles. The van der Waals surface area contributed by atoms with E-state index in [0.717, 1.165) is 5.56 Å². The number of ether oxygens (including phenoxy) is 1. The van der Waals surface area contributed by atoms with Crippen LogP contribution >= 0.6 is 34.5 Å². The van der Waals surface area contributed by atoms with Gasteiger partial charge in [0.2, 0.25) is 0 Å². The summed E-state index contributed by atoms with van der Waals surface area (Å²) in [5.74, 6) is 0.244. The van der Waals surface area contributed by atoms with Crippen molar-refractivity contribution in [3.8, 4) is 5.75 Å². The second-order valence-electron chi connectivity index (χ2n) is 5.44. The van der Waals surface area contributed by atoms with Gasteiger partial charge in [-0.15, -0.1) is 11.3 Å². The summed E-state index contributed by atoms with van der Waals surface area (Å²) in [6.07, 6.45) is 0. The van der Waals surface area contributed by atoms with Gasteiger partial charge in [0.05, 0.1) is 19.8 Å². The minimum Gasteiger partial charge on any atom is -0.489 e. The van der Waals surface area contributed by atoms with Gasteiger partial charge in [-0.1, -0.05) is 23.2 Å². The van der Waals surface area contributed by atoms with E-state index in [1.165, 1.54) is 35.6 Å². The van der Waals surface area contributed by atoms with Crippen LogP contribution in [0.25, 0.3) is 0 Å². The van der Waals surface area contributed by atoms with Crippen molar-refractivity contribution in [1.29, 1.82) is 0 Å². The highest BCUT2D eigenvalue weighted by Gasteiger charge is 2.11. The van der Waals surface area contributed by atoms with Gasteiger partial charge >= 0.3 is 0 Å². The molecule has 0 bridgehead atoms. The Balaban J connectivity index is 1.59. The van der Waals surface area contributed by atoms with Gasteiger partial charge in [-0.05, 0) is 41.8 Å². The average Bonchev–Trinajstić information content (AvgIpc) is 3.12. The van der Waals surface area contributed by atoms with E-state index >= 15 is 0 Å². The zero-order valence-electron chi connectivity index (χ0n) is 13.6. The molecule has 6 nitrogen and oxygen atoms in total. The fourth-order valence-electron chi connectivity index (χ4n) is 2.17. The summed E-state index contributed by atoms with van der Waals surface area (Å²) in [6.45, 7) is 0.244. The highest BCUT2D eigenvalue weighted by molar-refractivity contribution is 7.12. The van der Waals surface area contributed by atoms with Crippen LogP contribution in [0.4, 0.5) is 11.4 Å². The Kier molecular flexibility index (Phi) is 5.95. The van der Waals surface area contributed by atoms with Gasteiger partial charge in [0.25, 0.3) is 11.6 Å². The van der Waals surface area contributed by atoms with E-state index in [1.807, 2.05) is 5.38 Å². The van der Waals surface area contributed by atoms with E-state index in [1.54, 1.807) is 24.3 Å². The number of carbonyl (C=O) groups is 1. The fraction of sp³-hybridized carbons (Fsp3) is 0.0556. The molecule has 0 fully saturated rings. The molecule has 27 heavy (non-hydrogen) atoms. The largest absolute Gasteiger partial charge is 0.489 e. The Bertz CT molecular complexity index is 989. The number of nitro benzene ring substituents is 1. The number of non-ortho nitro benzene ring substituents is 1. The first-order valence-electron chi connectivity index (χ1n) is 7.63. The molecule has 3 rings (SSSR count). The van der Waals surface area contributed by atoms with Crippen molar-refractivity contribution in [2.24, 2.45) is 0 Å². The molecule has 1 heterocycles. The number of nitrogens with one attached hydrogen (secondary N) is 1. The predicted octanol–water partition coefficient (Wildman–Crippen LogP) is 5.79. The molecule has 138 valence electrons.